The van der Waals surface area contributed by atoms with Gasteiger partial charge in [-0.05, 0) is 24.6 Å². The molecule has 2 heteroatoms. The van der Waals surface area contributed by atoms with E-state index in [1.54, 1.807) is 0 Å². The highest BCUT2D eigenvalue weighted by Gasteiger charge is 2.27. The van der Waals surface area contributed by atoms with Gasteiger partial charge in [0, 0.05) is 0 Å². The summed E-state index contributed by atoms with van der Waals surface area (Å²) >= 11 is 0. The van der Waals surface area contributed by atoms with Crippen molar-refractivity contribution in [3.63, 3.8) is 0 Å². The predicted octanol–water partition coefficient (Wildman–Crippen LogP) is 2.26. The Bertz CT molecular complexity index is 311. The van der Waals surface area contributed by atoms with E-state index in [0.29, 0.717) is 12.1 Å². The van der Waals surface area contributed by atoms with Crippen molar-refractivity contribution in [2.75, 3.05) is 7.05 Å². The second-order valence-electron chi connectivity index (χ2n) is 3.72. The zero-order valence-corrected chi connectivity index (χ0v) is 8.79. The Hall–Kier alpha value is -0.860. The predicted molar refractivity (Wildman–Crippen MR) is 57.1 cm³/mol. The first-order chi connectivity index (χ1) is 6.86. The summed E-state index contributed by atoms with van der Waals surface area (Å²) in [5.74, 6) is 0. The number of ether oxygens (including phenoxy) is 1. The van der Waals surface area contributed by atoms with Crippen molar-refractivity contribution < 1.29 is 4.74 Å². The molecule has 1 N–H and O–H groups in total. The highest BCUT2D eigenvalue weighted by atomic mass is 16.5. The first kappa shape index (κ1) is 9.69. The number of hydrogen-bond acceptors (Lipinski definition) is 2. The van der Waals surface area contributed by atoms with Crippen LogP contribution in [0.25, 0.3) is 0 Å². The fraction of sp³-hybridized carbons (Fsp3) is 0.500. The molecule has 1 unspecified atom stereocenters. The van der Waals surface area contributed by atoms with Crippen molar-refractivity contribution in [3.05, 3.63) is 35.4 Å². The van der Waals surface area contributed by atoms with Crippen LogP contribution in [0.1, 0.15) is 30.5 Å². The Balaban J connectivity index is 2.34. The monoisotopic (exact) mass is 191 g/mol. The minimum absolute atomic E-state index is 0.315. The second kappa shape index (κ2) is 4.11. The fourth-order valence-electron chi connectivity index (χ4n) is 2.16. The molecule has 0 radical (unpaired) electrons. The van der Waals surface area contributed by atoms with E-state index in [9.17, 15) is 0 Å². The molecule has 1 heterocycles. The van der Waals surface area contributed by atoms with E-state index in [2.05, 4.69) is 36.5 Å². The Labute approximate surface area is 85.3 Å². The molecule has 76 valence electrons. The van der Waals surface area contributed by atoms with Gasteiger partial charge in [0.1, 0.15) is 0 Å². The molecule has 0 aromatic heterocycles. The summed E-state index contributed by atoms with van der Waals surface area (Å²) in [4.78, 5) is 0. The van der Waals surface area contributed by atoms with E-state index in [1.165, 1.54) is 11.1 Å². The van der Waals surface area contributed by atoms with Crippen LogP contribution in [0.2, 0.25) is 0 Å². The Morgan fingerprint density at radius 2 is 2.21 bits per heavy atom. The van der Waals surface area contributed by atoms with Crippen LogP contribution < -0.4 is 5.32 Å². The van der Waals surface area contributed by atoms with E-state index >= 15 is 0 Å². The van der Waals surface area contributed by atoms with Gasteiger partial charge in [-0.3, -0.25) is 0 Å². The zero-order valence-electron chi connectivity index (χ0n) is 8.79. The molecule has 0 aliphatic carbocycles. The third kappa shape index (κ3) is 1.56. The fourth-order valence-corrected chi connectivity index (χ4v) is 2.16. The normalized spacial score (nSPS) is 25.9. The van der Waals surface area contributed by atoms with Crippen LogP contribution in [0.4, 0.5) is 0 Å². The molecule has 0 bridgehead atoms. The Kier molecular flexibility index (Phi) is 2.85. The highest BCUT2D eigenvalue weighted by molar-refractivity contribution is 5.31. The van der Waals surface area contributed by atoms with Crippen LogP contribution in [0.15, 0.2) is 24.3 Å². The molecular formula is C12H17NO. The quantitative estimate of drug-likeness (QED) is 0.774. The SMILES string of the molecule is CC[C@H]1OCc2ccccc2C1NC. The topological polar surface area (TPSA) is 21.3 Å². The smallest absolute Gasteiger partial charge is 0.0771 e. The number of nitrogens with one attached hydrogen (secondary N) is 1. The first-order valence-electron chi connectivity index (χ1n) is 5.23. The average Bonchev–Trinajstić information content (AvgIpc) is 2.27. The standard InChI is InChI=1S/C12H17NO/c1-3-11-12(13-2)10-7-5-4-6-9(10)8-14-11/h4-7,11-13H,3,8H2,1-2H3/t11-,12?/m1/s1. The maximum atomic E-state index is 5.79. The number of hydrogen-bond donors (Lipinski definition) is 1. The molecular weight excluding hydrogens is 174 g/mol. The lowest BCUT2D eigenvalue weighted by Gasteiger charge is -2.33. The van der Waals surface area contributed by atoms with Crippen molar-refractivity contribution in [2.24, 2.45) is 0 Å². The lowest BCUT2D eigenvalue weighted by atomic mass is 9.93. The number of rotatable bonds is 2. The minimum Gasteiger partial charge on any atom is -0.372 e. The summed E-state index contributed by atoms with van der Waals surface area (Å²) in [6.07, 6.45) is 1.37. The highest BCUT2D eigenvalue weighted by Crippen LogP contribution is 2.30. The number of likely N-dealkylation sites (N-methyl/N-ethyl adjacent to an activating group) is 1. The van der Waals surface area contributed by atoms with E-state index in [-0.39, 0.29) is 0 Å². The van der Waals surface area contributed by atoms with E-state index < -0.39 is 0 Å². The molecule has 0 saturated carbocycles. The molecule has 1 aromatic rings. The summed E-state index contributed by atoms with van der Waals surface area (Å²) < 4.78 is 5.79. The molecule has 0 fully saturated rings. The first-order valence-corrected chi connectivity index (χ1v) is 5.23. The van der Waals surface area contributed by atoms with Crippen molar-refractivity contribution in [1.29, 1.82) is 0 Å². The van der Waals surface area contributed by atoms with Gasteiger partial charge in [0.05, 0.1) is 18.8 Å². The molecule has 0 spiro atoms. The van der Waals surface area contributed by atoms with Crippen LogP contribution in [0.3, 0.4) is 0 Å². The largest absolute Gasteiger partial charge is 0.372 e. The van der Waals surface area contributed by atoms with Crippen LogP contribution in [0, 0.1) is 0 Å². The number of fused-ring (bicyclic) bond motifs is 1. The molecule has 2 nitrogen and oxygen atoms in total. The molecule has 14 heavy (non-hydrogen) atoms. The third-order valence-electron chi connectivity index (χ3n) is 2.93. The average molecular weight is 191 g/mol. The van der Waals surface area contributed by atoms with Gasteiger partial charge in [0.25, 0.3) is 0 Å². The molecule has 1 aliphatic heterocycles. The van der Waals surface area contributed by atoms with Gasteiger partial charge < -0.3 is 10.1 Å². The maximum Gasteiger partial charge on any atom is 0.0771 e. The summed E-state index contributed by atoms with van der Waals surface area (Å²) in [5.41, 5.74) is 2.71. The van der Waals surface area contributed by atoms with Crippen LogP contribution in [-0.4, -0.2) is 13.2 Å². The maximum absolute atomic E-state index is 5.79. The van der Waals surface area contributed by atoms with Gasteiger partial charge in [-0.25, -0.2) is 0 Å². The molecule has 2 atom stereocenters. The van der Waals surface area contributed by atoms with Gasteiger partial charge in [-0.2, -0.15) is 0 Å². The summed E-state index contributed by atoms with van der Waals surface area (Å²) in [5, 5.41) is 3.34. The minimum atomic E-state index is 0.315. The number of benzene rings is 1. The lowest BCUT2D eigenvalue weighted by molar-refractivity contribution is -0.000905. The Morgan fingerprint density at radius 1 is 1.43 bits per heavy atom. The van der Waals surface area contributed by atoms with E-state index in [0.717, 1.165) is 13.0 Å². The Morgan fingerprint density at radius 3 is 2.93 bits per heavy atom. The molecule has 1 aliphatic rings. The van der Waals surface area contributed by atoms with E-state index in [1.807, 2.05) is 7.05 Å². The van der Waals surface area contributed by atoms with Crippen LogP contribution in [-0.2, 0) is 11.3 Å². The van der Waals surface area contributed by atoms with Crippen LogP contribution >= 0.6 is 0 Å². The van der Waals surface area contributed by atoms with Gasteiger partial charge in [-0.15, -0.1) is 0 Å². The molecule has 1 aromatic carbocycles. The summed E-state index contributed by atoms with van der Waals surface area (Å²) in [7, 11) is 2.00. The van der Waals surface area contributed by atoms with Crippen molar-refractivity contribution >= 4 is 0 Å². The molecule has 0 saturated heterocycles. The molecule has 0 amide bonds. The lowest BCUT2D eigenvalue weighted by Crippen LogP contribution is -2.35. The van der Waals surface area contributed by atoms with Crippen molar-refractivity contribution in [2.45, 2.75) is 32.1 Å². The second-order valence-corrected chi connectivity index (χ2v) is 3.72. The summed E-state index contributed by atoms with van der Waals surface area (Å²) in [6.45, 7) is 2.93. The van der Waals surface area contributed by atoms with Gasteiger partial charge in [0.15, 0.2) is 0 Å². The van der Waals surface area contributed by atoms with Gasteiger partial charge in [0.2, 0.25) is 0 Å². The van der Waals surface area contributed by atoms with Gasteiger partial charge in [-0.1, -0.05) is 31.2 Å². The molecule has 2 rings (SSSR count). The summed E-state index contributed by atoms with van der Waals surface area (Å²) in [6, 6.07) is 8.86. The van der Waals surface area contributed by atoms with Gasteiger partial charge >= 0.3 is 0 Å². The van der Waals surface area contributed by atoms with E-state index in [4.69, 9.17) is 4.74 Å². The van der Waals surface area contributed by atoms with Crippen LogP contribution in [0.5, 0.6) is 0 Å². The third-order valence-corrected chi connectivity index (χ3v) is 2.93. The van der Waals surface area contributed by atoms with Crippen molar-refractivity contribution in [3.8, 4) is 0 Å². The zero-order chi connectivity index (χ0) is 9.97. The van der Waals surface area contributed by atoms with Crippen molar-refractivity contribution in [1.82, 2.24) is 5.32 Å².